The second-order valence-electron chi connectivity index (χ2n) is 15.3. The fourth-order valence-corrected chi connectivity index (χ4v) is 5.95. The first-order valence-electron chi connectivity index (χ1n) is 18.8. The molecule has 1 fully saturated rings. The van der Waals surface area contributed by atoms with Gasteiger partial charge in [0.25, 0.3) is 0 Å². The Balaban J connectivity index is 1.55. The molecule has 4 rings (SSSR count). The number of allylic oxidation sites excluding steroid dienone is 1. The molecule has 1 amide bonds. The number of rotatable bonds is 20. The van der Waals surface area contributed by atoms with Gasteiger partial charge in [0, 0.05) is 6.42 Å². The molecule has 0 radical (unpaired) electrons. The standard InChI is InChI=1S/C44H59NO8/c1-32(2)39(42(47)53-43(3,4)5)45-38(46)27-19-11-18-26-36(48-28-33-20-12-8-13-21-33)40(49-29-34-22-14-9-15-23-34)41(37-31-51-44(6,7)52-37)50-30-35-24-16-10-17-25-35/h8-10,12-18,20-26,32,36-37,39-41H,11,19,27-31H2,1-7H3,(H,45,46)/b26-18-/t36-,37+,39-,40+,41-/m0/s1. The average Bonchev–Trinajstić information content (AvgIpc) is 3.49. The number of ether oxygens (including phenoxy) is 6. The van der Waals surface area contributed by atoms with Crippen molar-refractivity contribution in [1.29, 1.82) is 0 Å². The van der Waals surface area contributed by atoms with Gasteiger partial charge in [0.05, 0.1) is 26.4 Å². The Labute approximate surface area is 316 Å². The van der Waals surface area contributed by atoms with Crippen LogP contribution >= 0.6 is 0 Å². The molecule has 1 aliphatic rings. The number of esters is 1. The maximum Gasteiger partial charge on any atom is 0.329 e. The number of hydrogen-bond donors (Lipinski definition) is 1. The van der Waals surface area contributed by atoms with E-state index in [0.29, 0.717) is 39.3 Å². The van der Waals surface area contributed by atoms with E-state index in [2.05, 4.69) is 5.32 Å². The van der Waals surface area contributed by atoms with E-state index in [1.807, 2.05) is 152 Å². The third-order valence-electron chi connectivity index (χ3n) is 8.64. The summed E-state index contributed by atoms with van der Waals surface area (Å²) in [6.45, 7) is 14.4. The minimum atomic E-state index is -0.780. The van der Waals surface area contributed by atoms with Crippen molar-refractivity contribution in [2.45, 2.75) is 129 Å². The lowest BCUT2D eigenvalue weighted by Crippen LogP contribution is -2.49. The largest absolute Gasteiger partial charge is 0.458 e. The van der Waals surface area contributed by atoms with Crippen LogP contribution in [0.15, 0.2) is 103 Å². The highest BCUT2D eigenvalue weighted by Crippen LogP contribution is 2.31. The molecular formula is C44H59NO8. The van der Waals surface area contributed by atoms with Gasteiger partial charge in [-0.2, -0.15) is 0 Å². The van der Waals surface area contributed by atoms with Crippen LogP contribution in [-0.4, -0.2) is 60.3 Å². The summed E-state index contributed by atoms with van der Waals surface area (Å²) < 4.78 is 38.2. The first kappa shape index (κ1) is 41.9. The third-order valence-corrected chi connectivity index (χ3v) is 8.64. The van der Waals surface area contributed by atoms with Crippen LogP contribution in [-0.2, 0) is 57.8 Å². The van der Waals surface area contributed by atoms with Gasteiger partial charge < -0.3 is 33.7 Å². The lowest BCUT2D eigenvalue weighted by Gasteiger charge is -2.35. The van der Waals surface area contributed by atoms with E-state index >= 15 is 0 Å². The highest BCUT2D eigenvalue weighted by molar-refractivity contribution is 5.84. The lowest BCUT2D eigenvalue weighted by molar-refractivity contribution is -0.195. The normalized spacial score (nSPS) is 18.1. The monoisotopic (exact) mass is 729 g/mol. The molecular weight excluding hydrogens is 670 g/mol. The van der Waals surface area contributed by atoms with Gasteiger partial charge in [0.2, 0.25) is 5.91 Å². The van der Waals surface area contributed by atoms with E-state index in [9.17, 15) is 9.59 Å². The van der Waals surface area contributed by atoms with Crippen LogP contribution in [0.2, 0.25) is 0 Å². The number of carbonyl (C=O) groups is 2. The molecule has 3 aromatic rings. The van der Waals surface area contributed by atoms with Gasteiger partial charge in [-0.1, -0.05) is 117 Å². The second-order valence-corrected chi connectivity index (χ2v) is 15.3. The maximum absolute atomic E-state index is 13.0. The van der Waals surface area contributed by atoms with Crippen molar-refractivity contribution < 1.29 is 38.0 Å². The van der Waals surface area contributed by atoms with Gasteiger partial charge in [-0.05, 0) is 70.1 Å². The van der Waals surface area contributed by atoms with Crippen LogP contribution in [0, 0.1) is 5.92 Å². The molecule has 1 heterocycles. The number of unbranched alkanes of at least 4 members (excludes halogenated alkanes) is 1. The fraction of sp³-hybridized carbons (Fsp3) is 0.500. The van der Waals surface area contributed by atoms with Gasteiger partial charge in [-0.15, -0.1) is 0 Å². The van der Waals surface area contributed by atoms with Crippen LogP contribution in [0.25, 0.3) is 0 Å². The lowest BCUT2D eigenvalue weighted by atomic mass is 10.0. The first-order valence-corrected chi connectivity index (χ1v) is 18.8. The molecule has 0 aromatic heterocycles. The average molecular weight is 730 g/mol. The summed E-state index contributed by atoms with van der Waals surface area (Å²) in [6, 6.07) is 29.3. The fourth-order valence-electron chi connectivity index (χ4n) is 5.95. The molecule has 1 aliphatic heterocycles. The first-order chi connectivity index (χ1) is 25.3. The molecule has 1 N–H and O–H groups in total. The number of carbonyl (C=O) groups excluding carboxylic acids is 2. The van der Waals surface area contributed by atoms with E-state index in [4.69, 9.17) is 28.4 Å². The Bertz CT molecular complexity index is 1540. The highest BCUT2D eigenvalue weighted by Gasteiger charge is 2.44. The SMILES string of the molecule is CC(C)[C@H](NC(=O)CCC/C=C\[C@H](OCc1ccccc1)[C@@H](OCc1ccccc1)[C@@H](OCc1ccccc1)[C@H]1COC(C)(C)O1)C(=O)OC(C)(C)C. The number of hydrogen-bond acceptors (Lipinski definition) is 8. The number of nitrogens with one attached hydrogen (secondary N) is 1. The van der Waals surface area contributed by atoms with Crippen LogP contribution in [0.5, 0.6) is 0 Å². The van der Waals surface area contributed by atoms with E-state index in [1.165, 1.54) is 0 Å². The van der Waals surface area contributed by atoms with Crippen molar-refractivity contribution in [3.05, 3.63) is 120 Å². The predicted molar refractivity (Wildman–Crippen MR) is 206 cm³/mol. The van der Waals surface area contributed by atoms with Crippen molar-refractivity contribution in [2.75, 3.05) is 6.61 Å². The number of benzene rings is 3. The van der Waals surface area contributed by atoms with Gasteiger partial charge in [-0.3, -0.25) is 4.79 Å². The second kappa shape index (κ2) is 20.6. The topological polar surface area (TPSA) is 102 Å². The summed E-state index contributed by atoms with van der Waals surface area (Å²) in [5.74, 6) is -1.51. The zero-order valence-electron chi connectivity index (χ0n) is 32.5. The molecule has 9 heteroatoms. The van der Waals surface area contributed by atoms with Crippen molar-refractivity contribution in [2.24, 2.45) is 5.92 Å². The Morgan fingerprint density at radius 3 is 1.85 bits per heavy atom. The molecule has 0 bridgehead atoms. The van der Waals surface area contributed by atoms with Crippen molar-refractivity contribution in [3.63, 3.8) is 0 Å². The highest BCUT2D eigenvalue weighted by atomic mass is 16.8. The van der Waals surface area contributed by atoms with Crippen LogP contribution in [0.1, 0.15) is 84.4 Å². The quantitative estimate of drug-likeness (QED) is 0.0708. The molecule has 3 aromatic carbocycles. The van der Waals surface area contributed by atoms with Crippen molar-refractivity contribution in [1.82, 2.24) is 5.32 Å². The smallest absolute Gasteiger partial charge is 0.329 e. The minimum Gasteiger partial charge on any atom is -0.458 e. The molecule has 0 aliphatic carbocycles. The summed E-state index contributed by atoms with van der Waals surface area (Å²) in [4.78, 5) is 25.7. The van der Waals surface area contributed by atoms with Crippen LogP contribution in [0.4, 0.5) is 0 Å². The van der Waals surface area contributed by atoms with E-state index < -0.39 is 47.8 Å². The molecule has 9 nitrogen and oxygen atoms in total. The Morgan fingerprint density at radius 2 is 1.36 bits per heavy atom. The summed E-state index contributed by atoms with van der Waals surface area (Å²) >= 11 is 0. The summed E-state index contributed by atoms with van der Waals surface area (Å²) in [5, 5.41) is 2.88. The van der Waals surface area contributed by atoms with Crippen LogP contribution < -0.4 is 5.32 Å². The third kappa shape index (κ3) is 14.8. The molecule has 0 spiro atoms. The zero-order chi connectivity index (χ0) is 38.3. The maximum atomic E-state index is 13.0. The van der Waals surface area contributed by atoms with E-state index in [-0.39, 0.29) is 18.2 Å². The van der Waals surface area contributed by atoms with Gasteiger partial charge in [0.15, 0.2) is 5.79 Å². The molecule has 0 saturated carbocycles. The summed E-state index contributed by atoms with van der Waals surface area (Å²) in [6.07, 6.45) is 3.35. The van der Waals surface area contributed by atoms with Crippen LogP contribution in [0.3, 0.4) is 0 Å². The van der Waals surface area contributed by atoms with Gasteiger partial charge >= 0.3 is 5.97 Å². The minimum absolute atomic E-state index is 0.110. The molecule has 53 heavy (non-hydrogen) atoms. The molecule has 0 unspecified atom stereocenters. The number of amides is 1. The predicted octanol–water partition coefficient (Wildman–Crippen LogP) is 8.10. The Hall–Kier alpha value is -3.86. The molecule has 1 saturated heterocycles. The van der Waals surface area contributed by atoms with E-state index in [1.54, 1.807) is 0 Å². The zero-order valence-corrected chi connectivity index (χ0v) is 32.5. The molecule has 5 atom stereocenters. The van der Waals surface area contributed by atoms with E-state index in [0.717, 1.165) is 16.7 Å². The Morgan fingerprint density at radius 1 is 0.830 bits per heavy atom. The van der Waals surface area contributed by atoms with Crippen molar-refractivity contribution >= 4 is 11.9 Å². The Kier molecular flexibility index (Phi) is 16.2. The van der Waals surface area contributed by atoms with Gasteiger partial charge in [0.1, 0.15) is 36.1 Å². The summed E-state index contributed by atoms with van der Waals surface area (Å²) in [5.41, 5.74) is 2.43. The van der Waals surface area contributed by atoms with Crippen molar-refractivity contribution in [3.8, 4) is 0 Å². The summed E-state index contributed by atoms with van der Waals surface area (Å²) in [7, 11) is 0. The molecule has 288 valence electrons. The van der Waals surface area contributed by atoms with Gasteiger partial charge in [-0.25, -0.2) is 4.79 Å².